The third kappa shape index (κ3) is 8.04. The van der Waals surface area contributed by atoms with E-state index in [0.717, 1.165) is 12.5 Å². The van der Waals surface area contributed by atoms with Gasteiger partial charge >= 0.3 is 0 Å². The van der Waals surface area contributed by atoms with Crippen LogP contribution in [0, 0.1) is 5.92 Å². The molecule has 1 N–H and O–H groups in total. The van der Waals surface area contributed by atoms with Crippen LogP contribution < -0.4 is 5.32 Å². The summed E-state index contributed by atoms with van der Waals surface area (Å²) in [5.41, 5.74) is 0. The number of rotatable bonds is 8. The lowest BCUT2D eigenvalue weighted by atomic mass is 9.96. The van der Waals surface area contributed by atoms with Gasteiger partial charge in [0.2, 0.25) is 0 Å². The zero-order chi connectivity index (χ0) is 9.94. The average Bonchev–Trinajstić information content (AvgIpc) is 2.16. The van der Waals surface area contributed by atoms with E-state index >= 15 is 0 Å². The predicted octanol–water partition coefficient (Wildman–Crippen LogP) is 3.37. The highest BCUT2D eigenvalue weighted by molar-refractivity contribution is 4.77. The Morgan fingerprint density at radius 2 is 2.00 bits per heavy atom. The van der Waals surface area contributed by atoms with Crippen LogP contribution in [-0.4, -0.2) is 13.1 Å². The molecule has 0 amide bonds. The quantitative estimate of drug-likeness (QED) is 0.449. The van der Waals surface area contributed by atoms with E-state index in [1.54, 1.807) is 0 Å². The summed E-state index contributed by atoms with van der Waals surface area (Å²) < 4.78 is 0. The van der Waals surface area contributed by atoms with Gasteiger partial charge in [0.25, 0.3) is 0 Å². The van der Waals surface area contributed by atoms with Crippen LogP contribution in [0.4, 0.5) is 0 Å². The van der Waals surface area contributed by atoms with Crippen LogP contribution in [0.1, 0.15) is 46.5 Å². The van der Waals surface area contributed by atoms with Gasteiger partial charge in [0.05, 0.1) is 0 Å². The number of hydrogen-bond acceptors (Lipinski definition) is 1. The first-order valence-electron chi connectivity index (χ1n) is 5.66. The monoisotopic (exact) mass is 183 g/mol. The largest absolute Gasteiger partial charge is 0.317 e. The van der Waals surface area contributed by atoms with E-state index in [0.29, 0.717) is 0 Å². The fourth-order valence-corrected chi connectivity index (χ4v) is 1.53. The topological polar surface area (TPSA) is 12.0 Å². The Morgan fingerprint density at radius 1 is 1.23 bits per heavy atom. The molecule has 0 radical (unpaired) electrons. The molecule has 0 heterocycles. The minimum absolute atomic E-state index is 0.912. The van der Waals surface area contributed by atoms with Gasteiger partial charge in [-0.2, -0.15) is 0 Å². The first kappa shape index (κ1) is 12.7. The van der Waals surface area contributed by atoms with Crippen LogP contribution in [0.25, 0.3) is 0 Å². The molecule has 0 aromatic heterocycles. The van der Waals surface area contributed by atoms with Gasteiger partial charge in [0.1, 0.15) is 0 Å². The maximum atomic E-state index is 3.39. The Labute approximate surface area is 83.6 Å². The van der Waals surface area contributed by atoms with Crippen LogP contribution in [0.15, 0.2) is 12.2 Å². The summed E-state index contributed by atoms with van der Waals surface area (Å²) in [5, 5.41) is 3.39. The van der Waals surface area contributed by atoms with Crippen molar-refractivity contribution in [1.29, 1.82) is 0 Å². The van der Waals surface area contributed by atoms with Crippen LogP contribution in [0.3, 0.4) is 0 Å². The molecule has 0 rings (SSSR count). The maximum Gasteiger partial charge on any atom is -0.00464 e. The molecule has 13 heavy (non-hydrogen) atoms. The van der Waals surface area contributed by atoms with Gasteiger partial charge < -0.3 is 5.32 Å². The molecule has 0 aliphatic rings. The van der Waals surface area contributed by atoms with Crippen molar-refractivity contribution in [2.45, 2.75) is 46.5 Å². The number of hydrogen-bond donors (Lipinski definition) is 1. The van der Waals surface area contributed by atoms with Crippen molar-refractivity contribution in [3.63, 3.8) is 0 Å². The highest BCUT2D eigenvalue weighted by Crippen LogP contribution is 2.14. The Balaban J connectivity index is 3.39. The molecule has 0 aromatic rings. The molecule has 0 fully saturated rings. The summed E-state index contributed by atoms with van der Waals surface area (Å²) in [4.78, 5) is 0. The van der Waals surface area contributed by atoms with Gasteiger partial charge in [-0.15, -0.1) is 0 Å². The van der Waals surface area contributed by atoms with Crippen molar-refractivity contribution in [2.24, 2.45) is 5.92 Å². The molecule has 0 aromatic carbocycles. The molecule has 0 saturated heterocycles. The van der Waals surface area contributed by atoms with E-state index in [-0.39, 0.29) is 0 Å². The Kier molecular flexibility index (Phi) is 9.56. The van der Waals surface area contributed by atoms with Crippen molar-refractivity contribution >= 4 is 0 Å². The standard InChI is InChI=1S/C12H25N/c1-4-7-8-9-12(5-2)10-11-13-6-3/h4,7,12-13H,5-6,8-11H2,1-3H3/b7-4+. The van der Waals surface area contributed by atoms with Crippen LogP contribution >= 0.6 is 0 Å². The molecule has 78 valence electrons. The summed E-state index contributed by atoms with van der Waals surface area (Å²) in [6.07, 6.45) is 9.69. The van der Waals surface area contributed by atoms with Gasteiger partial charge in [0.15, 0.2) is 0 Å². The Bertz CT molecular complexity index is 118. The highest BCUT2D eigenvalue weighted by Gasteiger charge is 2.03. The zero-order valence-corrected chi connectivity index (χ0v) is 9.47. The first-order chi connectivity index (χ1) is 6.35. The number of nitrogens with one attached hydrogen (secondary N) is 1. The lowest BCUT2D eigenvalue weighted by Gasteiger charge is -2.13. The van der Waals surface area contributed by atoms with Crippen LogP contribution in [0.2, 0.25) is 0 Å². The summed E-state index contributed by atoms with van der Waals surface area (Å²) in [6, 6.07) is 0. The molecule has 0 spiro atoms. The summed E-state index contributed by atoms with van der Waals surface area (Å²) >= 11 is 0. The molecular weight excluding hydrogens is 158 g/mol. The van der Waals surface area contributed by atoms with Gasteiger partial charge in [-0.25, -0.2) is 0 Å². The van der Waals surface area contributed by atoms with Gasteiger partial charge in [-0.1, -0.05) is 32.4 Å². The summed E-state index contributed by atoms with van der Waals surface area (Å²) in [5.74, 6) is 0.912. The molecule has 0 aliphatic heterocycles. The second kappa shape index (κ2) is 9.79. The predicted molar refractivity (Wildman–Crippen MR) is 61.0 cm³/mol. The lowest BCUT2D eigenvalue weighted by molar-refractivity contribution is 0.428. The fraction of sp³-hybridized carbons (Fsp3) is 0.833. The van der Waals surface area contributed by atoms with Crippen LogP contribution in [-0.2, 0) is 0 Å². The minimum Gasteiger partial charge on any atom is -0.317 e. The van der Waals surface area contributed by atoms with E-state index in [4.69, 9.17) is 0 Å². The van der Waals surface area contributed by atoms with Crippen molar-refractivity contribution in [3.05, 3.63) is 12.2 Å². The van der Waals surface area contributed by atoms with Crippen molar-refractivity contribution in [1.82, 2.24) is 5.32 Å². The molecule has 1 nitrogen and oxygen atoms in total. The third-order valence-corrected chi connectivity index (χ3v) is 2.53. The summed E-state index contributed by atoms with van der Waals surface area (Å²) in [6.45, 7) is 8.85. The molecule has 1 unspecified atom stereocenters. The molecule has 1 atom stereocenters. The van der Waals surface area contributed by atoms with Crippen LogP contribution in [0.5, 0.6) is 0 Å². The highest BCUT2D eigenvalue weighted by atomic mass is 14.8. The normalized spacial score (nSPS) is 13.8. The maximum absolute atomic E-state index is 3.39. The molecule has 0 saturated carbocycles. The van der Waals surface area contributed by atoms with E-state index in [2.05, 4.69) is 38.2 Å². The summed E-state index contributed by atoms with van der Waals surface area (Å²) in [7, 11) is 0. The van der Waals surface area contributed by atoms with Gasteiger partial charge in [0, 0.05) is 0 Å². The van der Waals surface area contributed by atoms with Crippen molar-refractivity contribution in [2.75, 3.05) is 13.1 Å². The third-order valence-electron chi connectivity index (χ3n) is 2.53. The fourth-order valence-electron chi connectivity index (χ4n) is 1.53. The second-order valence-corrected chi connectivity index (χ2v) is 3.56. The van der Waals surface area contributed by atoms with Crippen molar-refractivity contribution in [3.8, 4) is 0 Å². The molecular formula is C12H25N. The van der Waals surface area contributed by atoms with Gasteiger partial charge in [-0.3, -0.25) is 0 Å². The molecule has 0 bridgehead atoms. The molecule has 1 heteroatoms. The second-order valence-electron chi connectivity index (χ2n) is 3.56. The Hall–Kier alpha value is -0.300. The van der Waals surface area contributed by atoms with E-state index < -0.39 is 0 Å². The van der Waals surface area contributed by atoms with Crippen molar-refractivity contribution < 1.29 is 0 Å². The minimum atomic E-state index is 0.912. The SMILES string of the molecule is C/C=C/CCC(CC)CCNCC. The van der Waals surface area contributed by atoms with E-state index in [1.165, 1.54) is 32.2 Å². The molecule has 0 aliphatic carbocycles. The smallest absolute Gasteiger partial charge is 0.00464 e. The average molecular weight is 183 g/mol. The van der Waals surface area contributed by atoms with Gasteiger partial charge in [-0.05, 0) is 45.2 Å². The first-order valence-corrected chi connectivity index (χ1v) is 5.66. The lowest BCUT2D eigenvalue weighted by Crippen LogP contribution is -2.17. The van der Waals surface area contributed by atoms with E-state index in [1.807, 2.05) is 0 Å². The van der Waals surface area contributed by atoms with E-state index in [9.17, 15) is 0 Å². The Morgan fingerprint density at radius 3 is 2.54 bits per heavy atom. The zero-order valence-electron chi connectivity index (χ0n) is 9.47. The number of allylic oxidation sites excluding steroid dienone is 2.